The molecule has 0 aliphatic carbocycles. The third-order valence-corrected chi connectivity index (χ3v) is 5.04. The Balaban J connectivity index is 2.19. The highest BCUT2D eigenvalue weighted by Crippen LogP contribution is 2.12. The minimum atomic E-state index is -1.28. The molecule has 0 fully saturated rings. The quantitative estimate of drug-likeness (QED) is 0.144. The SMILES string of the molecule is NC(CCC(=O)O)C(=O)NC(Cc1cnc[nH]1)C(=O)NC(Cc1ccc(O)cc1)C(=O)NCC(=O)O. The van der Waals surface area contributed by atoms with Gasteiger partial charge in [0, 0.05) is 31.2 Å². The number of amides is 3. The second-order valence-corrected chi connectivity index (χ2v) is 7.92. The van der Waals surface area contributed by atoms with Crippen LogP contribution in [0.2, 0.25) is 0 Å². The lowest BCUT2D eigenvalue weighted by atomic mass is 10.0. The van der Waals surface area contributed by atoms with Crippen molar-refractivity contribution in [1.82, 2.24) is 25.9 Å². The van der Waals surface area contributed by atoms with Crippen LogP contribution >= 0.6 is 0 Å². The Bertz CT molecular complexity index is 1060. The number of phenolic OH excluding ortho intramolecular Hbond substituents is 1. The summed E-state index contributed by atoms with van der Waals surface area (Å²) in [5.74, 6) is -4.72. The summed E-state index contributed by atoms with van der Waals surface area (Å²) in [6, 6.07) is 2.22. The van der Waals surface area contributed by atoms with Crippen LogP contribution in [0.1, 0.15) is 24.1 Å². The minimum Gasteiger partial charge on any atom is -0.508 e. The van der Waals surface area contributed by atoms with Crippen molar-refractivity contribution in [3.63, 3.8) is 0 Å². The number of hydrogen-bond acceptors (Lipinski definition) is 8. The molecule has 0 aliphatic heterocycles. The van der Waals surface area contributed by atoms with Crippen molar-refractivity contribution >= 4 is 29.7 Å². The molecule has 0 bridgehead atoms. The molecule has 1 heterocycles. The van der Waals surface area contributed by atoms with Gasteiger partial charge in [-0.15, -0.1) is 0 Å². The summed E-state index contributed by atoms with van der Waals surface area (Å²) in [4.78, 5) is 66.6. The molecule has 0 spiro atoms. The highest BCUT2D eigenvalue weighted by Gasteiger charge is 2.29. The molecule has 0 saturated carbocycles. The number of aromatic nitrogens is 2. The molecule has 3 atom stereocenters. The van der Waals surface area contributed by atoms with E-state index in [2.05, 4.69) is 25.9 Å². The third-order valence-electron chi connectivity index (χ3n) is 5.04. The predicted octanol–water partition coefficient (Wildman–Crippen LogP) is -1.74. The summed E-state index contributed by atoms with van der Waals surface area (Å²) in [5, 5.41) is 34.3. The maximum absolute atomic E-state index is 13.2. The van der Waals surface area contributed by atoms with Crippen molar-refractivity contribution in [2.75, 3.05) is 6.54 Å². The molecule has 0 radical (unpaired) electrons. The third kappa shape index (κ3) is 9.42. The predicted molar refractivity (Wildman–Crippen MR) is 123 cm³/mol. The number of H-pyrrole nitrogens is 1. The van der Waals surface area contributed by atoms with Gasteiger partial charge in [-0.1, -0.05) is 12.1 Å². The van der Waals surface area contributed by atoms with E-state index in [-0.39, 0.29) is 31.4 Å². The number of nitrogens with two attached hydrogens (primary N) is 1. The number of carbonyl (C=O) groups excluding carboxylic acids is 3. The maximum Gasteiger partial charge on any atom is 0.322 e. The van der Waals surface area contributed by atoms with Crippen LogP contribution in [0.15, 0.2) is 36.8 Å². The monoisotopic (exact) mass is 504 g/mol. The molecule has 14 nitrogen and oxygen atoms in total. The molecule has 2 aromatic rings. The Morgan fingerprint density at radius 1 is 0.917 bits per heavy atom. The number of aromatic hydroxyl groups is 1. The topological polar surface area (TPSA) is 237 Å². The second-order valence-electron chi connectivity index (χ2n) is 7.92. The van der Waals surface area contributed by atoms with E-state index in [1.807, 2.05) is 0 Å². The van der Waals surface area contributed by atoms with Crippen LogP contribution < -0.4 is 21.7 Å². The smallest absolute Gasteiger partial charge is 0.322 e. The summed E-state index contributed by atoms with van der Waals surface area (Å²) < 4.78 is 0. The van der Waals surface area contributed by atoms with E-state index in [0.29, 0.717) is 11.3 Å². The zero-order chi connectivity index (χ0) is 26.7. The first-order chi connectivity index (χ1) is 17.0. The fourth-order valence-electron chi connectivity index (χ4n) is 3.15. The van der Waals surface area contributed by atoms with E-state index in [9.17, 15) is 29.1 Å². The van der Waals surface area contributed by atoms with Crippen LogP contribution in [0.3, 0.4) is 0 Å². The summed E-state index contributed by atoms with van der Waals surface area (Å²) in [5.41, 5.74) is 6.80. The summed E-state index contributed by atoms with van der Waals surface area (Å²) in [6.45, 7) is -0.673. The van der Waals surface area contributed by atoms with E-state index in [4.69, 9.17) is 15.9 Å². The number of aliphatic carboxylic acids is 2. The molecule has 3 unspecified atom stereocenters. The number of rotatable bonds is 14. The summed E-state index contributed by atoms with van der Waals surface area (Å²) in [7, 11) is 0. The maximum atomic E-state index is 13.2. The Kier molecular flexibility index (Phi) is 10.4. The van der Waals surface area contributed by atoms with Crippen molar-refractivity contribution in [2.45, 2.75) is 43.8 Å². The number of nitrogens with one attached hydrogen (secondary N) is 4. The van der Waals surface area contributed by atoms with Crippen molar-refractivity contribution in [2.24, 2.45) is 5.73 Å². The van der Waals surface area contributed by atoms with Crippen molar-refractivity contribution < 1.29 is 39.3 Å². The number of carboxylic acids is 2. The average molecular weight is 505 g/mol. The molecule has 36 heavy (non-hydrogen) atoms. The molecule has 3 amide bonds. The Morgan fingerprint density at radius 3 is 2.14 bits per heavy atom. The molecular formula is C22H28N6O8. The lowest BCUT2D eigenvalue weighted by Crippen LogP contribution is -2.57. The summed E-state index contributed by atoms with van der Waals surface area (Å²) in [6.07, 6.45) is 2.22. The number of phenols is 1. The molecule has 0 aliphatic rings. The molecular weight excluding hydrogens is 476 g/mol. The number of carbonyl (C=O) groups is 5. The lowest BCUT2D eigenvalue weighted by Gasteiger charge is -2.24. The normalized spacial score (nSPS) is 13.1. The van der Waals surface area contributed by atoms with Gasteiger partial charge < -0.3 is 42.0 Å². The molecule has 0 saturated heterocycles. The van der Waals surface area contributed by atoms with Gasteiger partial charge in [-0.2, -0.15) is 0 Å². The molecule has 1 aromatic carbocycles. The lowest BCUT2D eigenvalue weighted by molar-refractivity contribution is -0.139. The van der Waals surface area contributed by atoms with E-state index < -0.39 is 54.3 Å². The number of aromatic amines is 1. The highest BCUT2D eigenvalue weighted by molar-refractivity contribution is 5.94. The summed E-state index contributed by atoms with van der Waals surface area (Å²) >= 11 is 0. The molecule has 14 heteroatoms. The van der Waals surface area contributed by atoms with Crippen LogP contribution in [-0.4, -0.2) is 79.6 Å². The van der Waals surface area contributed by atoms with Gasteiger partial charge in [0.25, 0.3) is 0 Å². The minimum absolute atomic E-state index is 0.00349. The zero-order valence-corrected chi connectivity index (χ0v) is 19.1. The van der Waals surface area contributed by atoms with Gasteiger partial charge in [-0.3, -0.25) is 24.0 Å². The molecule has 194 valence electrons. The largest absolute Gasteiger partial charge is 0.508 e. The highest BCUT2D eigenvalue weighted by atomic mass is 16.4. The van der Waals surface area contributed by atoms with Crippen molar-refractivity contribution in [3.05, 3.63) is 48.0 Å². The average Bonchev–Trinajstić information content (AvgIpc) is 3.34. The fourth-order valence-corrected chi connectivity index (χ4v) is 3.15. The first-order valence-electron chi connectivity index (χ1n) is 10.9. The molecule has 9 N–H and O–H groups in total. The van der Waals surface area contributed by atoms with E-state index >= 15 is 0 Å². The van der Waals surface area contributed by atoms with Crippen LogP contribution in [-0.2, 0) is 36.8 Å². The van der Waals surface area contributed by atoms with Crippen LogP contribution in [0, 0.1) is 0 Å². The first kappa shape index (κ1) is 27.8. The van der Waals surface area contributed by atoms with Crippen molar-refractivity contribution in [1.29, 1.82) is 0 Å². The van der Waals surface area contributed by atoms with E-state index in [1.54, 1.807) is 0 Å². The second kappa shape index (κ2) is 13.4. The van der Waals surface area contributed by atoms with Crippen LogP contribution in [0.5, 0.6) is 5.75 Å². The first-order valence-corrected chi connectivity index (χ1v) is 10.9. The van der Waals surface area contributed by atoms with Crippen molar-refractivity contribution in [3.8, 4) is 5.75 Å². The number of hydrogen-bond donors (Lipinski definition) is 8. The van der Waals surface area contributed by atoms with Crippen LogP contribution in [0.25, 0.3) is 0 Å². The Morgan fingerprint density at radius 2 is 1.56 bits per heavy atom. The van der Waals surface area contributed by atoms with E-state index in [0.717, 1.165) is 0 Å². The van der Waals surface area contributed by atoms with Gasteiger partial charge in [0.15, 0.2) is 0 Å². The number of carboxylic acid groups (broad SMARTS) is 2. The van der Waals surface area contributed by atoms with E-state index in [1.165, 1.54) is 36.8 Å². The molecule has 2 rings (SSSR count). The van der Waals surface area contributed by atoms with Gasteiger partial charge in [0.05, 0.1) is 12.4 Å². The van der Waals surface area contributed by atoms with Gasteiger partial charge in [-0.05, 0) is 24.1 Å². The van der Waals surface area contributed by atoms with Gasteiger partial charge >= 0.3 is 11.9 Å². The number of nitrogens with zero attached hydrogens (tertiary/aromatic N) is 1. The van der Waals surface area contributed by atoms with Gasteiger partial charge in [-0.25, -0.2) is 4.98 Å². The molecule has 1 aromatic heterocycles. The Labute approximate surface area is 205 Å². The number of benzene rings is 1. The van der Waals surface area contributed by atoms with Crippen LogP contribution in [0.4, 0.5) is 0 Å². The zero-order valence-electron chi connectivity index (χ0n) is 19.1. The van der Waals surface area contributed by atoms with Gasteiger partial charge in [0.2, 0.25) is 17.7 Å². The fraction of sp³-hybridized carbons (Fsp3) is 0.364. The standard InChI is InChI=1S/C22H28N6O8/c23-15(5-6-18(30)31)20(34)27-17(8-13-9-24-11-26-13)22(36)28-16(21(35)25-10-19(32)33)7-12-1-3-14(29)4-2-12/h1-4,9,11,15-17,29H,5-8,10,23H2,(H,24,26)(H,25,35)(H,27,34)(H,28,36)(H,30,31)(H,32,33). The number of imidazole rings is 1. The van der Waals surface area contributed by atoms with Gasteiger partial charge in [0.1, 0.15) is 24.4 Å². The Hall–Kier alpha value is -4.46.